The van der Waals surface area contributed by atoms with Crippen LogP contribution in [0.4, 0.5) is 8.78 Å². The Morgan fingerprint density at radius 2 is 2.23 bits per heavy atom. The minimum Gasteiger partial charge on any atom is -0.364 e. The molecule has 0 aromatic carbocycles. The third kappa shape index (κ3) is 1.63. The molecule has 1 aromatic heterocycles. The third-order valence-electron chi connectivity index (χ3n) is 1.62. The molecular formula is C8H8F2N2O. The maximum atomic E-state index is 13.0. The van der Waals surface area contributed by atoms with E-state index in [0.717, 1.165) is 0 Å². The molecule has 1 aromatic rings. The lowest BCUT2D eigenvalue weighted by Gasteiger charge is -2.12. The molecule has 0 unspecified atom stereocenters. The number of hydrogen-bond acceptors (Lipinski definition) is 2. The molecule has 70 valence electrons. The van der Waals surface area contributed by atoms with Gasteiger partial charge >= 0.3 is 5.92 Å². The molecule has 1 amide bonds. The highest BCUT2D eigenvalue weighted by Gasteiger charge is 2.41. The fourth-order valence-electron chi connectivity index (χ4n) is 0.931. The van der Waals surface area contributed by atoms with Gasteiger partial charge in [-0.1, -0.05) is 6.07 Å². The van der Waals surface area contributed by atoms with E-state index in [2.05, 4.69) is 10.7 Å². The third-order valence-corrected chi connectivity index (χ3v) is 1.62. The number of rotatable bonds is 2. The number of alkyl halides is 2. The number of primary amides is 1. The summed E-state index contributed by atoms with van der Waals surface area (Å²) in [6.45, 7) is 1.44. The maximum absolute atomic E-state index is 13.0. The van der Waals surface area contributed by atoms with Crippen LogP contribution in [0.5, 0.6) is 0 Å². The van der Waals surface area contributed by atoms with Crippen molar-refractivity contribution < 1.29 is 13.6 Å². The number of pyridine rings is 1. The summed E-state index contributed by atoms with van der Waals surface area (Å²) < 4.78 is 26.0. The first kappa shape index (κ1) is 9.57. The van der Waals surface area contributed by atoms with Crippen molar-refractivity contribution in [2.75, 3.05) is 0 Å². The molecule has 0 spiro atoms. The standard InChI is InChI=1S/C8H8F2N2O/c1-5-3-2-4-12-6(5)8(9,10)7(11)13/h2-4H,1H3,(H2,11,13). The van der Waals surface area contributed by atoms with Gasteiger partial charge in [-0.25, -0.2) is 0 Å². The van der Waals surface area contributed by atoms with Gasteiger partial charge in [-0.05, 0) is 18.6 Å². The van der Waals surface area contributed by atoms with Crippen LogP contribution in [0.2, 0.25) is 0 Å². The second-order valence-electron chi connectivity index (χ2n) is 2.61. The van der Waals surface area contributed by atoms with Crippen LogP contribution < -0.4 is 5.73 Å². The van der Waals surface area contributed by atoms with Crippen molar-refractivity contribution in [3.8, 4) is 0 Å². The first-order valence-electron chi connectivity index (χ1n) is 3.56. The lowest BCUT2D eigenvalue weighted by molar-refractivity contribution is -0.143. The largest absolute Gasteiger partial charge is 0.366 e. The quantitative estimate of drug-likeness (QED) is 0.748. The molecule has 2 N–H and O–H groups in total. The Kier molecular flexibility index (Phi) is 2.27. The van der Waals surface area contributed by atoms with Crippen molar-refractivity contribution in [3.63, 3.8) is 0 Å². The van der Waals surface area contributed by atoms with Crippen LogP contribution in [-0.2, 0) is 10.7 Å². The number of hydrogen-bond donors (Lipinski definition) is 1. The molecule has 0 saturated carbocycles. The highest BCUT2D eigenvalue weighted by Crippen LogP contribution is 2.27. The number of nitrogens with zero attached hydrogens (tertiary/aromatic N) is 1. The Labute approximate surface area is 73.6 Å². The minimum absolute atomic E-state index is 0.242. The van der Waals surface area contributed by atoms with Gasteiger partial charge in [0.25, 0.3) is 5.91 Å². The number of carbonyl (C=O) groups excluding carboxylic acids is 1. The van der Waals surface area contributed by atoms with Crippen LogP contribution >= 0.6 is 0 Å². The molecule has 1 rings (SSSR count). The SMILES string of the molecule is Cc1cccnc1C(F)(F)C(N)=O. The average Bonchev–Trinajstić information content (AvgIpc) is 2.04. The topological polar surface area (TPSA) is 56.0 Å². The summed E-state index contributed by atoms with van der Waals surface area (Å²) in [6, 6.07) is 2.95. The van der Waals surface area contributed by atoms with E-state index < -0.39 is 17.5 Å². The van der Waals surface area contributed by atoms with Gasteiger partial charge in [0.15, 0.2) is 0 Å². The number of amides is 1. The van der Waals surface area contributed by atoms with Gasteiger partial charge in [0.1, 0.15) is 5.69 Å². The van der Waals surface area contributed by atoms with E-state index in [0.29, 0.717) is 0 Å². The summed E-state index contributed by atoms with van der Waals surface area (Å²) in [4.78, 5) is 13.8. The molecule has 3 nitrogen and oxygen atoms in total. The summed E-state index contributed by atoms with van der Waals surface area (Å²) in [5, 5.41) is 0. The van der Waals surface area contributed by atoms with Gasteiger partial charge in [-0.2, -0.15) is 8.78 Å². The molecular weight excluding hydrogens is 178 g/mol. The number of aromatic nitrogens is 1. The maximum Gasteiger partial charge on any atom is 0.366 e. The van der Waals surface area contributed by atoms with E-state index in [1.165, 1.54) is 25.3 Å². The highest BCUT2D eigenvalue weighted by atomic mass is 19.3. The van der Waals surface area contributed by atoms with Gasteiger partial charge in [-0.3, -0.25) is 9.78 Å². The Bertz CT molecular complexity index is 339. The lowest BCUT2D eigenvalue weighted by atomic mass is 10.1. The Morgan fingerprint density at radius 3 is 2.69 bits per heavy atom. The molecule has 1 heterocycles. The van der Waals surface area contributed by atoms with E-state index in [1.807, 2.05) is 0 Å². The molecule has 0 aliphatic carbocycles. The van der Waals surface area contributed by atoms with Crippen LogP contribution in [0.1, 0.15) is 11.3 Å². The van der Waals surface area contributed by atoms with Gasteiger partial charge < -0.3 is 5.73 Å². The van der Waals surface area contributed by atoms with Gasteiger partial charge in [-0.15, -0.1) is 0 Å². The Morgan fingerprint density at radius 1 is 1.62 bits per heavy atom. The van der Waals surface area contributed by atoms with Crippen LogP contribution in [0, 0.1) is 6.92 Å². The molecule has 0 aliphatic rings. The van der Waals surface area contributed by atoms with E-state index in [4.69, 9.17) is 0 Å². The minimum atomic E-state index is -3.69. The van der Waals surface area contributed by atoms with Crippen LogP contribution in [-0.4, -0.2) is 10.9 Å². The van der Waals surface area contributed by atoms with Crippen molar-refractivity contribution >= 4 is 5.91 Å². The van der Waals surface area contributed by atoms with Crippen molar-refractivity contribution in [3.05, 3.63) is 29.6 Å². The van der Waals surface area contributed by atoms with Crippen LogP contribution in [0.25, 0.3) is 0 Å². The van der Waals surface area contributed by atoms with E-state index >= 15 is 0 Å². The van der Waals surface area contributed by atoms with Crippen LogP contribution in [0.15, 0.2) is 18.3 Å². The summed E-state index contributed by atoms with van der Waals surface area (Å²) in [6.07, 6.45) is 1.19. The molecule has 0 saturated heterocycles. The zero-order chi connectivity index (χ0) is 10.1. The molecule has 5 heteroatoms. The second-order valence-corrected chi connectivity index (χ2v) is 2.61. The molecule has 0 fully saturated rings. The van der Waals surface area contributed by atoms with Crippen molar-refractivity contribution in [1.29, 1.82) is 0 Å². The van der Waals surface area contributed by atoms with Crippen LogP contribution in [0.3, 0.4) is 0 Å². The fraction of sp³-hybridized carbons (Fsp3) is 0.250. The average molecular weight is 186 g/mol. The van der Waals surface area contributed by atoms with E-state index in [9.17, 15) is 13.6 Å². The lowest BCUT2D eigenvalue weighted by Crippen LogP contribution is -2.34. The van der Waals surface area contributed by atoms with Gasteiger partial charge in [0.05, 0.1) is 0 Å². The summed E-state index contributed by atoms with van der Waals surface area (Å²) in [5.41, 5.74) is 4.20. The monoisotopic (exact) mass is 186 g/mol. The zero-order valence-electron chi connectivity index (χ0n) is 6.92. The normalized spacial score (nSPS) is 11.3. The predicted molar refractivity (Wildman–Crippen MR) is 42.1 cm³/mol. The Hall–Kier alpha value is -1.52. The molecule has 0 atom stereocenters. The van der Waals surface area contributed by atoms with E-state index in [-0.39, 0.29) is 5.56 Å². The number of carbonyl (C=O) groups is 1. The summed E-state index contributed by atoms with van der Waals surface area (Å²) in [5.74, 6) is -5.37. The number of halogens is 2. The molecule has 0 bridgehead atoms. The van der Waals surface area contributed by atoms with Crippen molar-refractivity contribution in [1.82, 2.24) is 4.98 Å². The number of nitrogens with two attached hydrogens (primary N) is 1. The van der Waals surface area contributed by atoms with E-state index in [1.54, 1.807) is 0 Å². The van der Waals surface area contributed by atoms with Crippen molar-refractivity contribution in [2.24, 2.45) is 5.73 Å². The Balaban J connectivity index is 3.22. The predicted octanol–water partition coefficient (Wildman–Crippen LogP) is 0.967. The first-order chi connectivity index (χ1) is 5.96. The summed E-state index contributed by atoms with van der Waals surface area (Å²) in [7, 11) is 0. The number of aryl methyl sites for hydroxylation is 1. The molecule has 13 heavy (non-hydrogen) atoms. The summed E-state index contributed by atoms with van der Waals surface area (Å²) >= 11 is 0. The second kappa shape index (κ2) is 3.08. The fourth-order valence-corrected chi connectivity index (χ4v) is 0.931. The zero-order valence-corrected chi connectivity index (χ0v) is 6.92. The highest BCUT2D eigenvalue weighted by molar-refractivity contribution is 5.82. The van der Waals surface area contributed by atoms with Gasteiger partial charge in [0.2, 0.25) is 0 Å². The van der Waals surface area contributed by atoms with Crippen molar-refractivity contribution in [2.45, 2.75) is 12.8 Å². The molecule has 0 aliphatic heterocycles. The first-order valence-corrected chi connectivity index (χ1v) is 3.56. The molecule has 0 radical (unpaired) electrons. The van der Waals surface area contributed by atoms with Gasteiger partial charge in [0, 0.05) is 6.20 Å². The smallest absolute Gasteiger partial charge is 0.364 e.